The molecule has 0 radical (unpaired) electrons. The average Bonchev–Trinajstić information content (AvgIpc) is 2.79. The number of carboxylic acid groups (broad SMARTS) is 1. The van der Waals surface area contributed by atoms with Crippen LogP contribution in [0.15, 0.2) is 22.6 Å². The second-order valence-electron chi connectivity index (χ2n) is 5.14. The molecule has 1 aromatic heterocycles. The van der Waals surface area contributed by atoms with Gasteiger partial charge in [0, 0.05) is 12.6 Å². The lowest BCUT2D eigenvalue weighted by Gasteiger charge is -2.31. The highest BCUT2D eigenvalue weighted by molar-refractivity contribution is 7.91. The van der Waals surface area contributed by atoms with Crippen LogP contribution in [-0.2, 0) is 9.84 Å². The van der Waals surface area contributed by atoms with E-state index in [1.807, 2.05) is 0 Å². The van der Waals surface area contributed by atoms with Gasteiger partial charge in [-0.05, 0) is 25.1 Å². The lowest BCUT2D eigenvalue weighted by Crippen LogP contribution is -2.47. The van der Waals surface area contributed by atoms with E-state index in [1.165, 1.54) is 12.1 Å². The highest BCUT2D eigenvalue weighted by Crippen LogP contribution is 2.26. The summed E-state index contributed by atoms with van der Waals surface area (Å²) in [4.78, 5) is 17.0. The molecule has 1 N–H and O–H groups in total. The predicted molar refractivity (Wildman–Crippen MR) is 76.4 cm³/mol. The van der Waals surface area contributed by atoms with Gasteiger partial charge in [-0.3, -0.25) is 0 Å². The summed E-state index contributed by atoms with van der Waals surface area (Å²) in [7, 11) is -3.01. The molecule has 2 heterocycles. The summed E-state index contributed by atoms with van der Waals surface area (Å²) in [6, 6.07) is 4.56. The minimum absolute atomic E-state index is 0.0616. The van der Waals surface area contributed by atoms with E-state index in [0.717, 1.165) is 0 Å². The molecule has 0 amide bonds. The van der Waals surface area contributed by atoms with Crippen LogP contribution in [0.4, 0.5) is 6.01 Å². The van der Waals surface area contributed by atoms with Crippen LogP contribution in [0.25, 0.3) is 11.1 Å². The molecule has 7 nitrogen and oxygen atoms in total. The standard InChI is InChI=1S/C13H14N2O5S/c1-8-7-21(18,19)5-4-15(8)13-14-10-3-2-9(12(16)17)6-11(10)20-13/h2-3,6,8H,4-5,7H2,1H3,(H,16,17). The second-order valence-corrected chi connectivity index (χ2v) is 7.37. The Labute approximate surface area is 121 Å². The molecule has 1 aromatic carbocycles. The third-order valence-electron chi connectivity index (χ3n) is 3.54. The highest BCUT2D eigenvalue weighted by atomic mass is 32.2. The zero-order chi connectivity index (χ0) is 15.2. The summed E-state index contributed by atoms with van der Waals surface area (Å²) in [5.74, 6) is -0.907. The first-order chi connectivity index (χ1) is 9.85. The van der Waals surface area contributed by atoms with Gasteiger partial charge in [0.15, 0.2) is 15.4 Å². The molecule has 3 rings (SSSR count). The first-order valence-corrected chi connectivity index (χ1v) is 8.29. The van der Waals surface area contributed by atoms with Crippen molar-refractivity contribution in [1.82, 2.24) is 4.98 Å². The van der Waals surface area contributed by atoms with Gasteiger partial charge < -0.3 is 14.4 Å². The molecule has 0 spiro atoms. The SMILES string of the molecule is CC1CS(=O)(=O)CCN1c1nc2ccc(C(=O)O)cc2o1. The number of fused-ring (bicyclic) bond motifs is 1. The van der Waals surface area contributed by atoms with Crippen LogP contribution >= 0.6 is 0 Å². The first-order valence-electron chi connectivity index (χ1n) is 6.47. The van der Waals surface area contributed by atoms with Crippen molar-refractivity contribution >= 4 is 32.9 Å². The van der Waals surface area contributed by atoms with Gasteiger partial charge in [0.25, 0.3) is 6.01 Å². The summed E-state index contributed by atoms with van der Waals surface area (Å²) < 4.78 is 28.8. The number of rotatable bonds is 2. The maximum absolute atomic E-state index is 11.6. The minimum atomic E-state index is -3.01. The van der Waals surface area contributed by atoms with Gasteiger partial charge in [-0.15, -0.1) is 0 Å². The van der Waals surface area contributed by atoms with E-state index in [0.29, 0.717) is 23.7 Å². The Morgan fingerprint density at radius 3 is 2.90 bits per heavy atom. The Hall–Kier alpha value is -2.09. The Morgan fingerprint density at radius 2 is 2.24 bits per heavy atom. The normalized spacial score (nSPS) is 21.6. The Bertz CT molecular complexity index is 811. The number of carbonyl (C=O) groups is 1. The van der Waals surface area contributed by atoms with Crippen LogP contribution in [0, 0.1) is 0 Å². The maximum atomic E-state index is 11.6. The molecule has 1 saturated heterocycles. The van der Waals surface area contributed by atoms with E-state index >= 15 is 0 Å². The van der Waals surface area contributed by atoms with Crippen molar-refractivity contribution in [3.05, 3.63) is 23.8 Å². The molecule has 0 bridgehead atoms. The maximum Gasteiger partial charge on any atom is 0.335 e. The van der Waals surface area contributed by atoms with Crippen LogP contribution in [0.2, 0.25) is 0 Å². The second kappa shape index (κ2) is 4.73. The van der Waals surface area contributed by atoms with Crippen molar-refractivity contribution < 1.29 is 22.7 Å². The number of carboxylic acids is 1. The summed E-state index contributed by atoms with van der Waals surface area (Å²) in [5.41, 5.74) is 1.06. The highest BCUT2D eigenvalue weighted by Gasteiger charge is 2.30. The summed E-state index contributed by atoms with van der Waals surface area (Å²) in [6.45, 7) is 2.12. The number of aromatic carboxylic acids is 1. The smallest absolute Gasteiger partial charge is 0.335 e. The number of nitrogens with zero attached hydrogens (tertiary/aromatic N) is 2. The van der Waals surface area contributed by atoms with Crippen LogP contribution in [0.5, 0.6) is 0 Å². The summed E-state index contributed by atoms with van der Waals surface area (Å²) in [5, 5.41) is 8.96. The van der Waals surface area contributed by atoms with Crippen molar-refractivity contribution in [3.63, 3.8) is 0 Å². The minimum Gasteiger partial charge on any atom is -0.478 e. The molecule has 1 unspecified atom stereocenters. The Balaban J connectivity index is 1.96. The number of sulfone groups is 1. The van der Waals surface area contributed by atoms with Gasteiger partial charge in [-0.25, -0.2) is 13.2 Å². The molecule has 21 heavy (non-hydrogen) atoms. The van der Waals surface area contributed by atoms with E-state index in [1.54, 1.807) is 17.9 Å². The number of hydrogen-bond donors (Lipinski definition) is 1. The fourth-order valence-corrected chi connectivity index (χ4v) is 4.01. The van der Waals surface area contributed by atoms with Gasteiger partial charge >= 0.3 is 5.97 Å². The molecule has 0 saturated carbocycles. The molecule has 1 atom stereocenters. The van der Waals surface area contributed by atoms with E-state index in [9.17, 15) is 13.2 Å². The van der Waals surface area contributed by atoms with Crippen molar-refractivity contribution in [3.8, 4) is 0 Å². The van der Waals surface area contributed by atoms with Gasteiger partial charge in [0.2, 0.25) is 0 Å². The van der Waals surface area contributed by atoms with Crippen LogP contribution < -0.4 is 4.90 Å². The predicted octanol–water partition coefficient (Wildman–Crippen LogP) is 1.15. The topological polar surface area (TPSA) is 101 Å². The zero-order valence-corrected chi connectivity index (χ0v) is 12.1. The number of benzene rings is 1. The number of aromatic nitrogens is 1. The molecular weight excluding hydrogens is 296 g/mol. The molecular formula is C13H14N2O5S. The lowest BCUT2D eigenvalue weighted by atomic mass is 10.2. The summed E-state index contributed by atoms with van der Waals surface area (Å²) >= 11 is 0. The number of hydrogen-bond acceptors (Lipinski definition) is 6. The molecule has 1 aliphatic heterocycles. The molecule has 112 valence electrons. The molecule has 0 aliphatic carbocycles. The fourth-order valence-electron chi connectivity index (χ4n) is 2.45. The van der Waals surface area contributed by atoms with Crippen molar-refractivity contribution in [2.24, 2.45) is 0 Å². The number of oxazole rings is 1. The van der Waals surface area contributed by atoms with Crippen LogP contribution in [0.1, 0.15) is 17.3 Å². The van der Waals surface area contributed by atoms with Gasteiger partial charge in [-0.2, -0.15) is 4.98 Å². The molecule has 8 heteroatoms. The lowest BCUT2D eigenvalue weighted by molar-refractivity contribution is 0.0697. The first kappa shape index (κ1) is 13.9. The molecule has 1 fully saturated rings. The van der Waals surface area contributed by atoms with Gasteiger partial charge in [0.05, 0.1) is 17.1 Å². The molecule has 2 aromatic rings. The van der Waals surface area contributed by atoms with Gasteiger partial charge in [0.1, 0.15) is 5.52 Å². The monoisotopic (exact) mass is 310 g/mol. The quantitative estimate of drug-likeness (QED) is 0.887. The van der Waals surface area contributed by atoms with Crippen molar-refractivity contribution in [2.45, 2.75) is 13.0 Å². The third-order valence-corrected chi connectivity index (χ3v) is 5.34. The van der Waals surface area contributed by atoms with E-state index in [4.69, 9.17) is 9.52 Å². The molecule has 1 aliphatic rings. The van der Waals surface area contributed by atoms with Crippen LogP contribution in [0.3, 0.4) is 0 Å². The Kier molecular flexibility index (Phi) is 3.12. The van der Waals surface area contributed by atoms with Crippen molar-refractivity contribution in [1.29, 1.82) is 0 Å². The third kappa shape index (κ3) is 2.58. The van der Waals surface area contributed by atoms with Gasteiger partial charge in [-0.1, -0.05) is 0 Å². The van der Waals surface area contributed by atoms with E-state index in [2.05, 4.69) is 4.98 Å². The van der Waals surface area contributed by atoms with Crippen LogP contribution in [-0.4, -0.2) is 48.6 Å². The van der Waals surface area contributed by atoms with Crippen molar-refractivity contribution in [2.75, 3.05) is 23.0 Å². The zero-order valence-electron chi connectivity index (χ0n) is 11.3. The fraction of sp³-hybridized carbons (Fsp3) is 0.385. The average molecular weight is 310 g/mol. The van der Waals surface area contributed by atoms with E-state index in [-0.39, 0.29) is 23.1 Å². The Morgan fingerprint density at radius 1 is 1.48 bits per heavy atom. The van der Waals surface area contributed by atoms with E-state index < -0.39 is 15.8 Å². The largest absolute Gasteiger partial charge is 0.478 e. The summed E-state index contributed by atoms with van der Waals surface area (Å²) in [6.07, 6.45) is 0. The number of anilines is 1.